The summed E-state index contributed by atoms with van der Waals surface area (Å²) in [5, 5.41) is 22.1. The number of anilines is 2. The van der Waals surface area contributed by atoms with Crippen molar-refractivity contribution in [3.05, 3.63) is 54.1 Å². The van der Waals surface area contributed by atoms with Gasteiger partial charge >= 0.3 is 0 Å². The van der Waals surface area contributed by atoms with Gasteiger partial charge in [0.25, 0.3) is 10.0 Å². The van der Waals surface area contributed by atoms with Gasteiger partial charge in [-0.15, -0.1) is 0 Å². The Morgan fingerprint density at radius 2 is 1.57 bits per heavy atom. The summed E-state index contributed by atoms with van der Waals surface area (Å²) in [6, 6.07) is 13.5. The summed E-state index contributed by atoms with van der Waals surface area (Å²) < 4.78 is 28.7. The Balaban J connectivity index is 1.99. The molecular formula is C23H28N2O4S. The molecule has 0 saturated carbocycles. The predicted molar refractivity (Wildman–Crippen MR) is 122 cm³/mol. The number of benzene rings is 3. The van der Waals surface area contributed by atoms with Crippen LogP contribution in [0, 0.1) is 0 Å². The molecule has 0 aliphatic heterocycles. The lowest BCUT2D eigenvalue weighted by atomic mass is 10.1. The molecule has 3 rings (SSSR count). The summed E-state index contributed by atoms with van der Waals surface area (Å²) in [5.41, 5.74) is 1.45. The Morgan fingerprint density at radius 1 is 0.933 bits per heavy atom. The minimum absolute atomic E-state index is 0.0783. The zero-order chi connectivity index (χ0) is 21.9. The maximum Gasteiger partial charge on any atom is 0.262 e. The quantitative estimate of drug-likeness (QED) is 0.352. The molecule has 0 aliphatic rings. The van der Waals surface area contributed by atoms with E-state index in [0.717, 1.165) is 35.9 Å². The fourth-order valence-electron chi connectivity index (χ4n) is 3.57. The van der Waals surface area contributed by atoms with E-state index in [2.05, 4.69) is 11.6 Å². The molecule has 0 fully saturated rings. The van der Waals surface area contributed by atoms with Crippen molar-refractivity contribution in [2.24, 2.45) is 0 Å². The minimum atomic E-state index is -4.05. The number of unbranched alkanes of at least 4 members (excludes halogenated alkanes) is 2. The standard InChI is InChI=1S/C23H28N2O4S/c1-4-5-6-9-16-14-20(26)23(21(27)15-16)24-30(28,29)22-13-8-10-17-18(22)11-7-12-19(17)25(2)3/h7-8,10-15,24,26-27H,4-6,9H2,1-3H3. The number of hydrogen-bond acceptors (Lipinski definition) is 5. The van der Waals surface area contributed by atoms with Gasteiger partial charge in [-0.25, -0.2) is 8.42 Å². The third-order valence-corrected chi connectivity index (χ3v) is 6.50. The number of rotatable bonds is 8. The molecule has 3 aromatic carbocycles. The molecular weight excluding hydrogens is 400 g/mol. The molecule has 3 N–H and O–H groups in total. The number of fused-ring (bicyclic) bond motifs is 1. The van der Waals surface area contributed by atoms with Gasteiger partial charge in [-0.1, -0.05) is 44.0 Å². The maximum atomic E-state index is 13.2. The van der Waals surface area contributed by atoms with Gasteiger partial charge in [-0.3, -0.25) is 4.72 Å². The number of sulfonamides is 1. The van der Waals surface area contributed by atoms with Crippen LogP contribution in [0.15, 0.2) is 53.4 Å². The normalized spacial score (nSPS) is 11.6. The molecule has 6 nitrogen and oxygen atoms in total. The largest absolute Gasteiger partial charge is 0.506 e. The van der Waals surface area contributed by atoms with E-state index in [1.165, 1.54) is 18.2 Å². The molecule has 0 aliphatic carbocycles. The first-order valence-electron chi connectivity index (χ1n) is 10.0. The van der Waals surface area contributed by atoms with Crippen LogP contribution in [0.5, 0.6) is 11.5 Å². The molecule has 0 aromatic heterocycles. The third-order valence-electron chi connectivity index (χ3n) is 5.09. The SMILES string of the molecule is CCCCCc1cc(O)c(NS(=O)(=O)c2cccc3c(N(C)C)cccc23)c(O)c1. The van der Waals surface area contributed by atoms with E-state index < -0.39 is 10.0 Å². The highest BCUT2D eigenvalue weighted by molar-refractivity contribution is 7.93. The lowest BCUT2D eigenvalue weighted by Gasteiger charge is -2.18. The average Bonchev–Trinajstić information content (AvgIpc) is 2.70. The Hall–Kier alpha value is -2.93. The lowest BCUT2D eigenvalue weighted by molar-refractivity contribution is 0.453. The summed E-state index contributed by atoms with van der Waals surface area (Å²) in [7, 11) is -0.259. The second kappa shape index (κ2) is 8.83. The average molecular weight is 429 g/mol. The number of nitrogens with one attached hydrogen (secondary N) is 1. The number of aromatic hydroxyl groups is 2. The Bertz CT molecular complexity index is 1130. The molecule has 0 amide bonds. The molecule has 160 valence electrons. The molecule has 0 bridgehead atoms. The van der Waals surface area contributed by atoms with Crippen molar-refractivity contribution in [2.45, 2.75) is 37.5 Å². The predicted octanol–water partition coefficient (Wildman–Crippen LogP) is 4.85. The molecule has 30 heavy (non-hydrogen) atoms. The summed E-state index contributed by atoms with van der Waals surface area (Å²) in [6.45, 7) is 2.10. The van der Waals surface area contributed by atoms with Crippen LogP contribution in [-0.2, 0) is 16.4 Å². The van der Waals surface area contributed by atoms with E-state index in [-0.39, 0.29) is 22.1 Å². The van der Waals surface area contributed by atoms with Gasteiger partial charge in [0.1, 0.15) is 17.2 Å². The highest BCUT2D eigenvalue weighted by Crippen LogP contribution is 2.38. The second-order valence-corrected chi connectivity index (χ2v) is 9.25. The van der Waals surface area contributed by atoms with Crippen LogP contribution in [0.2, 0.25) is 0 Å². The van der Waals surface area contributed by atoms with Crippen molar-refractivity contribution >= 4 is 32.2 Å². The Kier molecular flexibility index (Phi) is 6.41. The molecule has 7 heteroatoms. The third kappa shape index (κ3) is 4.46. The zero-order valence-electron chi connectivity index (χ0n) is 17.5. The molecule has 0 spiro atoms. The van der Waals surface area contributed by atoms with E-state index >= 15 is 0 Å². The summed E-state index contributed by atoms with van der Waals surface area (Å²) in [4.78, 5) is 2.00. The summed E-state index contributed by atoms with van der Waals surface area (Å²) >= 11 is 0. The monoisotopic (exact) mass is 428 g/mol. The second-order valence-electron chi connectivity index (χ2n) is 7.59. The number of nitrogens with zero attached hydrogens (tertiary/aromatic N) is 1. The first-order chi connectivity index (χ1) is 14.2. The smallest absolute Gasteiger partial charge is 0.262 e. The van der Waals surface area contributed by atoms with Crippen molar-refractivity contribution in [1.82, 2.24) is 0 Å². The Morgan fingerprint density at radius 3 is 2.20 bits per heavy atom. The first kappa shape index (κ1) is 21.8. The van der Waals surface area contributed by atoms with E-state index in [4.69, 9.17) is 0 Å². The van der Waals surface area contributed by atoms with Crippen LogP contribution in [0.3, 0.4) is 0 Å². The van der Waals surface area contributed by atoms with Crippen LogP contribution in [0.1, 0.15) is 31.7 Å². The Labute approximate surface area is 177 Å². The topological polar surface area (TPSA) is 89.9 Å². The zero-order valence-corrected chi connectivity index (χ0v) is 18.3. The number of phenols is 2. The molecule has 0 unspecified atom stereocenters. The highest BCUT2D eigenvalue weighted by Gasteiger charge is 2.22. The molecule has 0 saturated heterocycles. The fourth-order valence-corrected chi connectivity index (χ4v) is 4.89. The highest BCUT2D eigenvalue weighted by atomic mass is 32.2. The van der Waals surface area contributed by atoms with Crippen LogP contribution in [0.25, 0.3) is 10.8 Å². The summed E-state index contributed by atoms with van der Waals surface area (Å²) in [6.07, 6.45) is 3.76. The summed E-state index contributed by atoms with van der Waals surface area (Å²) in [5.74, 6) is -0.585. The fraction of sp³-hybridized carbons (Fsp3) is 0.304. The van der Waals surface area contributed by atoms with Crippen molar-refractivity contribution in [2.75, 3.05) is 23.7 Å². The van der Waals surface area contributed by atoms with Gasteiger partial charge in [-0.2, -0.15) is 0 Å². The van der Waals surface area contributed by atoms with Gasteiger partial charge in [0.15, 0.2) is 0 Å². The maximum absolute atomic E-state index is 13.2. The van der Waals surface area contributed by atoms with Gasteiger partial charge in [0.05, 0.1) is 4.90 Å². The van der Waals surface area contributed by atoms with Crippen LogP contribution in [-0.4, -0.2) is 32.7 Å². The van der Waals surface area contributed by atoms with Gasteiger partial charge < -0.3 is 15.1 Å². The lowest BCUT2D eigenvalue weighted by Crippen LogP contribution is -2.14. The van der Waals surface area contributed by atoms with E-state index in [9.17, 15) is 18.6 Å². The first-order valence-corrected chi connectivity index (χ1v) is 11.5. The number of phenolic OH excluding ortho intramolecular Hbond substituents is 2. The van der Waals surface area contributed by atoms with Crippen LogP contribution >= 0.6 is 0 Å². The molecule has 0 heterocycles. The van der Waals surface area contributed by atoms with Crippen LogP contribution < -0.4 is 9.62 Å². The van der Waals surface area contributed by atoms with Crippen molar-refractivity contribution in [3.63, 3.8) is 0 Å². The van der Waals surface area contributed by atoms with Gasteiger partial charge in [0.2, 0.25) is 0 Å². The molecule has 0 radical (unpaired) electrons. The van der Waals surface area contributed by atoms with Crippen molar-refractivity contribution in [1.29, 1.82) is 0 Å². The van der Waals surface area contributed by atoms with E-state index in [1.807, 2.05) is 31.1 Å². The number of aryl methyl sites for hydroxylation is 1. The molecule has 0 atom stereocenters. The van der Waals surface area contributed by atoms with Crippen molar-refractivity contribution < 1.29 is 18.6 Å². The van der Waals surface area contributed by atoms with Crippen LogP contribution in [0.4, 0.5) is 11.4 Å². The minimum Gasteiger partial charge on any atom is -0.506 e. The molecule has 3 aromatic rings. The van der Waals surface area contributed by atoms with Gasteiger partial charge in [-0.05, 0) is 42.7 Å². The van der Waals surface area contributed by atoms with E-state index in [0.29, 0.717) is 11.8 Å². The number of hydrogen-bond donors (Lipinski definition) is 3. The van der Waals surface area contributed by atoms with Crippen molar-refractivity contribution in [3.8, 4) is 11.5 Å². The van der Waals surface area contributed by atoms with Gasteiger partial charge in [0, 0.05) is 30.6 Å². The van der Waals surface area contributed by atoms with E-state index in [1.54, 1.807) is 18.2 Å².